The molecule has 1 aliphatic heterocycles. The van der Waals surface area contributed by atoms with Crippen LogP contribution in [0.3, 0.4) is 0 Å². The van der Waals surface area contributed by atoms with Crippen molar-refractivity contribution in [2.45, 2.75) is 70.9 Å². The molecule has 1 saturated heterocycles. The summed E-state index contributed by atoms with van der Waals surface area (Å²) in [6.45, 7) is 4.77. The average Bonchev–Trinajstić information content (AvgIpc) is 3.21. The Morgan fingerprint density at radius 3 is 2.47 bits per heavy atom. The van der Waals surface area contributed by atoms with Crippen LogP contribution in [0.15, 0.2) is 0 Å². The zero-order valence-corrected chi connectivity index (χ0v) is 12.2. The first-order chi connectivity index (χ1) is 9.15. The molecule has 0 radical (unpaired) electrons. The van der Waals surface area contributed by atoms with Crippen LogP contribution >= 0.6 is 0 Å². The summed E-state index contributed by atoms with van der Waals surface area (Å²) in [5, 5.41) is 2.89. The Hall–Kier alpha value is -1.06. The minimum absolute atomic E-state index is 0.0186. The minimum atomic E-state index is -0.298. The molecule has 1 saturated carbocycles. The number of rotatable bonds is 7. The third-order valence-corrected chi connectivity index (χ3v) is 4.29. The predicted molar refractivity (Wildman–Crippen MR) is 74.6 cm³/mol. The van der Waals surface area contributed by atoms with Crippen LogP contribution in [-0.2, 0) is 9.59 Å². The molecular weight excluding hydrogens is 240 g/mol. The highest BCUT2D eigenvalue weighted by Crippen LogP contribution is 2.35. The molecule has 0 bridgehead atoms. The van der Waals surface area contributed by atoms with E-state index < -0.39 is 0 Å². The summed E-state index contributed by atoms with van der Waals surface area (Å²) in [7, 11) is 0. The summed E-state index contributed by atoms with van der Waals surface area (Å²) in [5.74, 6) is 0.557. The van der Waals surface area contributed by atoms with Crippen LogP contribution in [0.5, 0.6) is 0 Å². The summed E-state index contributed by atoms with van der Waals surface area (Å²) in [5.41, 5.74) is 0. The molecule has 1 heterocycles. The van der Waals surface area contributed by atoms with Gasteiger partial charge < -0.3 is 10.2 Å². The molecule has 0 aromatic rings. The second-order valence-electron chi connectivity index (χ2n) is 5.95. The molecule has 2 atom stereocenters. The van der Waals surface area contributed by atoms with Gasteiger partial charge in [0.15, 0.2) is 0 Å². The number of hydrogen-bond acceptors (Lipinski definition) is 2. The van der Waals surface area contributed by atoms with Gasteiger partial charge in [0.05, 0.1) is 0 Å². The van der Waals surface area contributed by atoms with Crippen LogP contribution in [0.1, 0.15) is 58.8 Å². The van der Waals surface area contributed by atoms with Gasteiger partial charge in [-0.05, 0) is 32.1 Å². The summed E-state index contributed by atoms with van der Waals surface area (Å²) in [4.78, 5) is 26.1. The van der Waals surface area contributed by atoms with Crippen molar-refractivity contribution in [2.24, 2.45) is 5.92 Å². The van der Waals surface area contributed by atoms with Gasteiger partial charge in [0, 0.05) is 6.54 Å². The number of amides is 2. The zero-order chi connectivity index (χ0) is 13.8. The molecule has 2 rings (SSSR count). The van der Waals surface area contributed by atoms with Gasteiger partial charge in [-0.3, -0.25) is 9.59 Å². The van der Waals surface area contributed by atoms with Gasteiger partial charge in [0.2, 0.25) is 11.8 Å². The molecule has 2 aliphatic rings. The number of carbonyl (C=O) groups is 2. The van der Waals surface area contributed by atoms with Gasteiger partial charge >= 0.3 is 0 Å². The SMILES string of the molecule is CCCCCCCN1C(=O)C(C2CC2)NC(=O)C1C. The van der Waals surface area contributed by atoms with Gasteiger partial charge in [-0.1, -0.05) is 32.6 Å². The molecular formula is C15H26N2O2. The van der Waals surface area contributed by atoms with Gasteiger partial charge in [-0.2, -0.15) is 0 Å². The van der Waals surface area contributed by atoms with E-state index in [1.165, 1.54) is 19.3 Å². The normalized spacial score (nSPS) is 27.6. The fraction of sp³-hybridized carbons (Fsp3) is 0.867. The molecule has 108 valence electrons. The van der Waals surface area contributed by atoms with Gasteiger partial charge in [-0.25, -0.2) is 0 Å². The molecule has 2 fully saturated rings. The predicted octanol–water partition coefficient (Wildman–Crippen LogP) is 2.08. The first kappa shape index (κ1) is 14.4. The Kier molecular flexibility index (Phi) is 4.83. The summed E-state index contributed by atoms with van der Waals surface area (Å²) < 4.78 is 0. The van der Waals surface area contributed by atoms with Crippen LogP contribution in [0, 0.1) is 5.92 Å². The topological polar surface area (TPSA) is 49.4 Å². The third-order valence-electron chi connectivity index (χ3n) is 4.29. The fourth-order valence-electron chi connectivity index (χ4n) is 2.79. The number of carbonyl (C=O) groups excluding carboxylic acids is 2. The average molecular weight is 266 g/mol. The Morgan fingerprint density at radius 2 is 1.84 bits per heavy atom. The number of piperazine rings is 1. The molecule has 4 heteroatoms. The monoisotopic (exact) mass is 266 g/mol. The first-order valence-corrected chi connectivity index (χ1v) is 7.76. The maximum atomic E-state index is 12.4. The lowest BCUT2D eigenvalue weighted by molar-refractivity contribution is -0.149. The molecule has 0 aromatic carbocycles. The second-order valence-corrected chi connectivity index (χ2v) is 5.95. The number of hydrogen-bond donors (Lipinski definition) is 1. The smallest absolute Gasteiger partial charge is 0.246 e. The van der Waals surface area contributed by atoms with Crippen molar-refractivity contribution in [3.8, 4) is 0 Å². The first-order valence-electron chi connectivity index (χ1n) is 7.76. The Balaban J connectivity index is 1.84. The van der Waals surface area contributed by atoms with E-state index >= 15 is 0 Å². The standard InChI is InChI=1S/C15H26N2O2/c1-3-4-5-6-7-10-17-11(2)14(18)16-13(15(17)19)12-8-9-12/h11-13H,3-10H2,1-2H3,(H,16,18). The largest absolute Gasteiger partial charge is 0.342 e. The zero-order valence-electron chi connectivity index (χ0n) is 12.2. The Labute approximate surface area is 115 Å². The Morgan fingerprint density at radius 1 is 1.16 bits per heavy atom. The maximum Gasteiger partial charge on any atom is 0.246 e. The lowest BCUT2D eigenvalue weighted by Gasteiger charge is -2.37. The highest BCUT2D eigenvalue weighted by Gasteiger charge is 2.45. The summed E-state index contributed by atoms with van der Waals surface area (Å²) >= 11 is 0. The van der Waals surface area contributed by atoms with Gasteiger partial charge in [0.1, 0.15) is 12.1 Å². The summed E-state index contributed by atoms with van der Waals surface area (Å²) in [6.07, 6.45) is 8.04. The second kappa shape index (κ2) is 6.40. The van der Waals surface area contributed by atoms with E-state index in [0.717, 1.165) is 32.2 Å². The van der Waals surface area contributed by atoms with Crippen molar-refractivity contribution in [2.75, 3.05) is 6.54 Å². The molecule has 2 amide bonds. The fourth-order valence-corrected chi connectivity index (χ4v) is 2.79. The van der Waals surface area contributed by atoms with Crippen molar-refractivity contribution in [3.63, 3.8) is 0 Å². The molecule has 2 unspecified atom stereocenters. The van der Waals surface area contributed by atoms with Gasteiger partial charge in [0.25, 0.3) is 0 Å². The summed E-state index contributed by atoms with van der Waals surface area (Å²) in [6, 6.07) is -0.534. The van der Waals surface area contributed by atoms with E-state index in [1.54, 1.807) is 4.90 Å². The van der Waals surface area contributed by atoms with Crippen LogP contribution < -0.4 is 5.32 Å². The molecule has 19 heavy (non-hydrogen) atoms. The van der Waals surface area contributed by atoms with E-state index in [-0.39, 0.29) is 23.9 Å². The highest BCUT2D eigenvalue weighted by atomic mass is 16.2. The van der Waals surface area contributed by atoms with E-state index in [2.05, 4.69) is 12.2 Å². The van der Waals surface area contributed by atoms with Crippen molar-refractivity contribution in [1.82, 2.24) is 10.2 Å². The maximum absolute atomic E-state index is 12.4. The molecule has 0 aromatic heterocycles. The van der Waals surface area contributed by atoms with E-state index in [9.17, 15) is 9.59 Å². The highest BCUT2D eigenvalue weighted by molar-refractivity contribution is 5.97. The van der Waals surface area contributed by atoms with Crippen molar-refractivity contribution < 1.29 is 9.59 Å². The molecule has 1 aliphatic carbocycles. The van der Waals surface area contributed by atoms with Crippen LogP contribution in [0.4, 0.5) is 0 Å². The number of nitrogens with one attached hydrogen (secondary N) is 1. The molecule has 0 spiro atoms. The molecule has 4 nitrogen and oxygen atoms in total. The van der Waals surface area contributed by atoms with Crippen molar-refractivity contribution in [3.05, 3.63) is 0 Å². The van der Waals surface area contributed by atoms with E-state index in [0.29, 0.717) is 5.92 Å². The Bertz CT molecular complexity index is 339. The van der Waals surface area contributed by atoms with Crippen LogP contribution in [0.2, 0.25) is 0 Å². The van der Waals surface area contributed by atoms with Crippen LogP contribution in [-0.4, -0.2) is 35.3 Å². The lowest BCUT2D eigenvalue weighted by Crippen LogP contribution is -2.63. The molecule has 1 N–H and O–H groups in total. The quantitative estimate of drug-likeness (QED) is 0.717. The van der Waals surface area contributed by atoms with Crippen LogP contribution in [0.25, 0.3) is 0 Å². The van der Waals surface area contributed by atoms with E-state index in [4.69, 9.17) is 0 Å². The van der Waals surface area contributed by atoms with Gasteiger partial charge in [-0.15, -0.1) is 0 Å². The lowest BCUT2D eigenvalue weighted by atomic mass is 10.0. The number of nitrogens with zero attached hydrogens (tertiary/aromatic N) is 1. The number of unbranched alkanes of at least 4 members (excludes halogenated alkanes) is 4. The van der Waals surface area contributed by atoms with Crippen molar-refractivity contribution >= 4 is 11.8 Å². The van der Waals surface area contributed by atoms with E-state index in [1.807, 2.05) is 6.92 Å². The minimum Gasteiger partial charge on any atom is -0.342 e. The third kappa shape index (κ3) is 3.48. The van der Waals surface area contributed by atoms with Crippen molar-refractivity contribution in [1.29, 1.82) is 0 Å².